The van der Waals surface area contributed by atoms with Crippen molar-refractivity contribution in [2.45, 2.75) is 215 Å². The van der Waals surface area contributed by atoms with Gasteiger partial charge < -0.3 is 4.74 Å². The Labute approximate surface area is 636 Å². The number of hydrogen-bond acceptors (Lipinski definition) is 1. The van der Waals surface area contributed by atoms with Crippen molar-refractivity contribution in [3.05, 3.63) is 275 Å². The van der Waals surface area contributed by atoms with Crippen molar-refractivity contribution in [1.82, 2.24) is 0 Å². The van der Waals surface area contributed by atoms with Crippen molar-refractivity contribution in [1.29, 1.82) is 0 Å². The highest BCUT2D eigenvalue weighted by atomic mass is 32.2. The van der Waals surface area contributed by atoms with Crippen LogP contribution in [0, 0.1) is 13.8 Å². The van der Waals surface area contributed by atoms with Gasteiger partial charge in [0.1, 0.15) is 57.3 Å². The number of fused-ring (bicyclic) bond motifs is 2. The lowest BCUT2D eigenvalue weighted by Crippen LogP contribution is -2.18. The molecule has 0 N–H and O–H groups in total. The Balaban J connectivity index is 0.000000156. The topological polar surface area (TPSA) is 9.23 Å². The van der Waals surface area contributed by atoms with Crippen LogP contribution >= 0.6 is 20.9 Å². The van der Waals surface area contributed by atoms with Gasteiger partial charge in [0, 0.05) is 76.5 Å². The fraction of sp³-hybridized carbons (Fsp3) is 0.389. The molecule has 0 spiro atoms. The molecule has 2 atom stereocenters. The molecule has 3 aliphatic rings. The Morgan fingerprint density at radius 3 is 0.912 bits per heavy atom. The molecule has 2 unspecified atom stereocenters. The van der Waals surface area contributed by atoms with Crippen LogP contribution in [-0.4, -0.2) is 47.9 Å². The van der Waals surface area contributed by atoms with Gasteiger partial charge in [-0.05, 0) is 236 Å². The second-order valence-electron chi connectivity index (χ2n) is 31.1. The van der Waals surface area contributed by atoms with Crippen LogP contribution in [-0.2, 0) is 65.2 Å². The predicted octanol–water partition coefficient (Wildman–Crippen LogP) is 27.9. The molecule has 11 aromatic rings. The molecule has 0 radical (unpaired) electrons. The molecule has 7 heteroatoms. The Bertz CT molecular complexity index is 4110. The minimum atomic E-state index is 0.119. The van der Waals surface area contributed by atoms with E-state index in [0.29, 0.717) is 32.7 Å². The highest BCUT2D eigenvalue weighted by Crippen LogP contribution is 2.42. The standard InChI is InChI=1S/C21H29S.C18H19S.C15H23S.C14H21OS.C14H11S.C11H15S.C2H6/c1-20(2,3)16-8-12-18(13-9-16)22(7)19-14-10-17(11-15-19)21(4,5)6;1-18(2,3)15-8-10-16(11-9-15)19-13-12-14-6-4-5-7-17(14)19;1-15(2,3)13-7-9-14(10-8-13)16-11-5-4-6-12-16;1-11-9-13(10-12(2)14(11)15-3)16-7-5-4-6-8-16;1-2-7-13(8-3-1)15-11-10-12-6-4-5-9-14(12)15;1-3-7-11(8-4-1)12-9-5-2-6-10-12;1-2/h8-15H,1-7H3;4-13H,1-3H3;7-10H,4-6,11-12H2,1-3H3;9-10H,4-8H2,1-3H3;1-11H;1,3-4,7-8H,2,5-6,9-10H2;1-2H3/q6*+1;. The van der Waals surface area contributed by atoms with Crippen LogP contribution in [0.15, 0.2) is 266 Å². The third-order valence-corrected chi connectivity index (χ3v) is 32.6. The first-order valence-electron chi connectivity index (χ1n) is 37.7. The Kier molecular flexibility index (Phi) is 31.6. The molecule has 3 saturated heterocycles. The predicted molar refractivity (Wildman–Crippen MR) is 467 cm³/mol. The third-order valence-electron chi connectivity index (χ3n) is 19.1. The quantitative estimate of drug-likeness (QED) is 0.138. The molecule has 1 nitrogen and oxygen atoms in total. The number of hydrogen-bond donors (Lipinski definition) is 0. The molecule has 14 rings (SSSR count). The van der Waals surface area contributed by atoms with Gasteiger partial charge in [0.05, 0.1) is 18.0 Å². The van der Waals surface area contributed by atoms with Crippen LogP contribution in [0.3, 0.4) is 0 Å². The van der Waals surface area contributed by atoms with E-state index in [9.17, 15) is 0 Å². The smallest absolute Gasteiger partial charge is 0.186 e. The van der Waals surface area contributed by atoms with Gasteiger partial charge >= 0.3 is 0 Å². The molecule has 3 fully saturated rings. The van der Waals surface area contributed by atoms with Crippen LogP contribution in [0.4, 0.5) is 0 Å². The first kappa shape index (κ1) is 81.8. The highest BCUT2D eigenvalue weighted by Gasteiger charge is 2.29. The van der Waals surface area contributed by atoms with Gasteiger partial charge in [-0.2, -0.15) is 0 Å². The van der Waals surface area contributed by atoms with Gasteiger partial charge in [-0.3, -0.25) is 0 Å². The maximum atomic E-state index is 5.42. The first-order valence-corrected chi connectivity index (χ1v) is 46.6. The zero-order valence-electron chi connectivity index (χ0n) is 65.6. The third kappa shape index (κ3) is 24.1. The van der Waals surface area contributed by atoms with E-state index in [1.807, 2.05) is 13.8 Å². The molecule has 0 amide bonds. The summed E-state index contributed by atoms with van der Waals surface area (Å²) in [5, 5.41) is 7.37. The van der Waals surface area contributed by atoms with Crippen molar-refractivity contribution >= 4 is 84.7 Å². The SMILES string of the molecule is CC.CC(C)(C)c1ccc(-[s+]2ccc3ccccc32)cc1.CC(C)(C)c1ccc([S+]2CCCCC2)cc1.COc1c(C)cc([S+]2CCCCC2)cc1C.C[S+](c1ccc(C(C)(C)C)cc1)c1ccc(C(C)(C)C)cc1.c1ccc(-[s+]2ccc3ccccc32)cc1.c1ccc([S+]2CCCCC2)cc1. The van der Waals surface area contributed by atoms with Gasteiger partial charge in [0.25, 0.3) is 0 Å². The second-order valence-corrected chi connectivity index (χ2v) is 43.6. The van der Waals surface area contributed by atoms with Crippen molar-refractivity contribution < 1.29 is 4.74 Å². The van der Waals surface area contributed by atoms with E-state index >= 15 is 0 Å². The number of ether oxygens (including phenoxy) is 1. The van der Waals surface area contributed by atoms with E-state index in [2.05, 4.69) is 344 Å². The minimum absolute atomic E-state index is 0.119. The molecule has 2 aromatic heterocycles. The number of thiophene rings is 2. The Morgan fingerprint density at radius 2 is 0.578 bits per heavy atom. The molecule has 0 saturated carbocycles. The van der Waals surface area contributed by atoms with Crippen molar-refractivity contribution in [3.8, 4) is 15.5 Å². The fourth-order valence-corrected chi connectivity index (χ4v) is 25.2. The summed E-state index contributed by atoms with van der Waals surface area (Å²) in [6.07, 6.45) is 15.2. The van der Waals surface area contributed by atoms with E-state index in [1.54, 1.807) is 21.8 Å². The van der Waals surface area contributed by atoms with Crippen LogP contribution in [0.1, 0.15) is 188 Å². The lowest BCUT2D eigenvalue weighted by atomic mass is 9.87. The molecule has 0 bridgehead atoms. The molecule has 102 heavy (non-hydrogen) atoms. The zero-order chi connectivity index (χ0) is 73.5. The zero-order valence-corrected chi connectivity index (χ0v) is 70.5. The van der Waals surface area contributed by atoms with Crippen LogP contribution < -0.4 is 4.74 Å². The molecule has 9 aromatic carbocycles. The minimum Gasteiger partial charge on any atom is -0.496 e. The van der Waals surface area contributed by atoms with Gasteiger partial charge in [0.15, 0.2) is 43.7 Å². The molecule has 540 valence electrons. The largest absolute Gasteiger partial charge is 0.496 e. The lowest BCUT2D eigenvalue weighted by molar-refractivity contribution is 0.408. The summed E-state index contributed by atoms with van der Waals surface area (Å²) in [4.78, 5) is 10.4. The summed E-state index contributed by atoms with van der Waals surface area (Å²) in [6, 6.07) is 85.0. The van der Waals surface area contributed by atoms with Crippen molar-refractivity contribution in [3.63, 3.8) is 0 Å². The Morgan fingerprint density at radius 1 is 0.304 bits per heavy atom. The number of aryl methyl sites for hydroxylation is 2. The number of rotatable bonds is 8. The van der Waals surface area contributed by atoms with E-state index in [4.69, 9.17) is 4.74 Å². The average molecular weight is 1470 g/mol. The summed E-state index contributed by atoms with van der Waals surface area (Å²) in [5.41, 5.74) is 9.18. The molecule has 0 aliphatic carbocycles. The first-order chi connectivity index (χ1) is 48.8. The van der Waals surface area contributed by atoms with E-state index in [0.717, 1.165) is 5.75 Å². The lowest BCUT2D eigenvalue weighted by Gasteiger charge is -2.19. The van der Waals surface area contributed by atoms with Crippen LogP contribution in [0.5, 0.6) is 5.75 Å². The summed E-state index contributed by atoms with van der Waals surface area (Å²) >= 11 is 0. The van der Waals surface area contributed by atoms with E-state index < -0.39 is 0 Å². The van der Waals surface area contributed by atoms with Crippen molar-refractivity contribution in [2.24, 2.45) is 0 Å². The number of methoxy groups -OCH3 is 1. The van der Waals surface area contributed by atoms with Crippen molar-refractivity contribution in [2.75, 3.05) is 47.9 Å². The maximum absolute atomic E-state index is 5.42. The molecule has 3 aliphatic heterocycles. The normalized spacial score (nSPS) is 14.9. The van der Waals surface area contributed by atoms with Gasteiger partial charge in [0.2, 0.25) is 0 Å². The Hall–Kier alpha value is -5.90. The van der Waals surface area contributed by atoms with Gasteiger partial charge in [-0.1, -0.05) is 206 Å². The summed E-state index contributed by atoms with van der Waals surface area (Å²) in [7, 11) is 3.82. The van der Waals surface area contributed by atoms with Gasteiger partial charge in [-0.15, -0.1) is 0 Å². The second kappa shape index (κ2) is 39.5. The van der Waals surface area contributed by atoms with E-state index in [1.165, 1.54) is 165 Å². The highest BCUT2D eigenvalue weighted by molar-refractivity contribution is 7.97. The number of benzene rings is 9. The summed E-state index contributed by atoms with van der Waals surface area (Å²) in [5.74, 6) is 9.57. The van der Waals surface area contributed by atoms with Crippen LogP contribution in [0.2, 0.25) is 0 Å². The summed E-state index contributed by atoms with van der Waals surface area (Å²) in [6.45, 7) is 35.5. The summed E-state index contributed by atoms with van der Waals surface area (Å²) < 4.78 is 8.32. The van der Waals surface area contributed by atoms with Crippen LogP contribution in [0.25, 0.3) is 30.0 Å². The van der Waals surface area contributed by atoms with Gasteiger partial charge in [-0.25, -0.2) is 0 Å². The maximum Gasteiger partial charge on any atom is 0.186 e. The fourth-order valence-electron chi connectivity index (χ4n) is 13.0. The average Bonchev–Trinajstić information content (AvgIpc) is 1.04. The molecular formula is C95H124OS6+6. The van der Waals surface area contributed by atoms with E-state index in [-0.39, 0.29) is 53.5 Å². The monoisotopic (exact) mass is 1470 g/mol. The molecule has 5 heterocycles. The molecular weight excluding hydrogens is 1350 g/mol.